The van der Waals surface area contributed by atoms with Crippen LogP contribution in [0.25, 0.3) is 6.08 Å². The van der Waals surface area contributed by atoms with E-state index in [0.717, 1.165) is 17.2 Å². The minimum absolute atomic E-state index is 0.0211. The van der Waals surface area contributed by atoms with Crippen molar-refractivity contribution in [2.24, 2.45) is 0 Å². The number of nitrogens with one attached hydrogen (secondary N) is 1. The van der Waals surface area contributed by atoms with E-state index in [4.69, 9.17) is 4.74 Å². The first-order chi connectivity index (χ1) is 12.8. The topological polar surface area (TPSA) is 64.6 Å². The van der Waals surface area contributed by atoms with Crippen LogP contribution in [0.2, 0.25) is 0 Å². The molecule has 7 heteroatoms. The first-order valence-corrected chi connectivity index (χ1v) is 8.11. The minimum atomic E-state index is -2.89. The lowest BCUT2D eigenvalue weighted by Crippen LogP contribution is -2.20. The van der Waals surface area contributed by atoms with Crippen LogP contribution in [-0.2, 0) is 14.3 Å². The summed E-state index contributed by atoms with van der Waals surface area (Å²) in [5, 5.41) is 2.69. The van der Waals surface area contributed by atoms with Gasteiger partial charge in [0.1, 0.15) is 5.75 Å². The lowest BCUT2D eigenvalue weighted by molar-refractivity contribution is -0.142. The molecule has 0 spiro atoms. The number of benzene rings is 2. The molecule has 142 valence electrons. The summed E-state index contributed by atoms with van der Waals surface area (Å²) in [7, 11) is 0. The third-order valence-corrected chi connectivity index (χ3v) is 3.74. The van der Waals surface area contributed by atoms with Gasteiger partial charge >= 0.3 is 12.6 Å². The number of carbonyl (C=O) groups is 2. The highest BCUT2D eigenvalue weighted by Crippen LogP contribution is 2.18. The minimum Gasteiger partial charge on any atom is -0.452 e. The third kappa shape index (κ3) is 6.54. The number of aryl methyl sites for hydroxylation is 1. The molecule has 27 heavy (non-hydrogen) atoms. The van der Waals surface area contributed by atoms with Crippen molar-refractivity contribution in [2.75, 3.05) is 11.9 Å². The van der Waals surface area contributed by atoms with Gasteiger partial charge in [0, 0.05) is 11.8 Å². The summed E-state index contributed by atoms with van der Waals surface area (Å²) in [5.41, 5.74) is 3.24. The molecular weight excluding hydrogens is 356 g/mol. The van der Waals surface area contributed by atoms with E-state index in [1.807, 2.05) is 26.0 Å². The standard InChI is InChI=1S/C20H19F2NO4/c1-13-4-3-5-17(14(13)2)23-18(24)12-26-19(25)11-8-15-6-9-16(10-7-15)27-20(21)22/h3-11,20H,12H2,1-2H3,(H,23,24)/b11-8+. The Bertz CT molecular complexity index is 832. The van der Waals surface area contributed by atoms with E-state index in [9.17, 15) is 18.4 Å². The molecule has 1 N–H and O–H groups in total. The fourth-order valence-electron chi connectivity index (χ4n) is 2.18. The number of anilines is 1. The van der Waals surface area contributed by atoms with Gasteiger partial charge in [-0.25, -0.2) is 4.79 Å². The quantitative estimate of drug-likeness (QED) is 0.585. The highest BCUT2D eigenvalue weighted by atomic mass is 19.3. The molecule has 0 heterocycles. The van der Waals surface area contributed by atoms with Crippen LogP contribution in [0.1, 0.15) is 16.7 Å². The summed E-state index contributed by atoms with van der Waals surface area (Å²) >= 11 is 0. The van der Waals surface area contributed by atoms with Crippen molar-refractivity contribution in [3.05, 3.63) is 65.2 Å². The number of halogens is 2. The average molecular weight is 375 g/mol. The molecule has 0 aliphatic heterocycles. The van der Waals surface area contributed by atoms with Gasteiger partial charge in [-0.3, -0.25) is 4.79 Å². The van der Waals surface area contributed by atoms with Gasteiger partial charge in [-0.05, 0) is 54.8 Å². The van der Waals surface area contributed by atoms with Crippen molar-refractivity contribution in [3.63, 3.8) is 0 Å². The molecule has 0 unspecified atom stereocenters. The number of hydrogen-bond acceptors (Lipinski definition) is 4. The highest BCUT2D eigenvalue weighted by Gasteiger charge is 2.08. The summed E-state index contributed by atoms with van der Waals surface area (Å²) in [6, 6.07) is 11.3. The predicted octanol–water partition coefficient (Wildman–Crippen LogP) is 4.10. The van der Waals surface area contributed by atoms with Crippen molar-refractivity contribution in [1.29, 1.82) is 0 Å². The van der Waals surface area contributed by atoms with Gasteiger partial charge in [-0.15, -0.1) is 0 Å². The lowest BCUT2D eigenvalue weighted by Gasteiger charge is -2.10. The van der Waals surface area contributed by atoms with E-state index < -0.39 is 25.1 Å². The van der Waals surface area contributed by atoms with Crippen LogP contribution in [0.5, 0.6) is 5.75 Å². The van der Waals surface area contributed by atoms with Crippen molar-refractivity contribution >= 4 is 23.6 Å². The zero-order valence-corrected chi connectivity index (χ0v) is 14.9. The molecule has 0 atom stereocenters. The fraction of sp³-hybridized carbons (Fsp3) is 0.200. The van der Waals surface area contributed by atoms with Crippen LogP contribution >= 0.6 is 0 Å². The number of rotatable bonds is 7. The second kappa shape index (κ2) is 9.47. The van der Waals surface area contributed by atoms with Crippen LogP contribution in [0.3, 0.4) is 0 Å². The predicted molar refractivity (Wildman–Crippen MR) is 97.6 cm³/mol. The van der Waals surface area contributed by atoms with E-state index in [1.54, 1.807) is 6.07 Å². The van der Waals surface area contributed by atoms with Gasteiger partial charge in [0.15, 0.2) is 6.61 Å². The molecule has 2 aromatic carbocycles. The van der Waals surface area contributed by atoms with E-state index in [1.165, 1.54) is 30.3 Å². The Balaban J connectivity index is 1.82. The smallest absolute Gasteiger partial charge is 0.387 e. The number of esters is 1. The molecule has 0 aliphatic carbocycles. The first kappa shape index (κ1) is 20.1. The average Bonchev–Trinajstić information content (AvgIpc) is 2.63. The molecule has 1 amide bonds. The monoisotopic (exact) mass is 375 g/mol. The zero-order valence-electron chi connectivity index (χ0n) is 14.9. The Hall–Kier alpha value is -3.22. The molecule has 0 aliphatic rings. The van der Waals surface area contributed by atoms with E-state index in [0.29, 0.717) is 11.3 Å². The first-order valence-electron chi connectivity index (χ1n) is 8.11. The zero-order chi connectivity index (χ0) is 19.8. The summed E-state index contributed by atoms with van der Waals surface area (Å²) in [6.45, 7) is 0.507. The van der Waals surface area contributed by atoms with Gasteiger partial charge in [-0.2, -0.15) is 8.78 Å². The SMILES string of the molecule is Cc1cccc(NC(=O)COC(=O)/C=C/c2ccc(OC(F)F)cc2)c1C. The molecule has 2 aromatic rings. The Morgan fingerprint density at radius 1 is 1.11 bits per heavy atom. The van der Waals surface area contributed by atoms with Crippen molar-refractivity contribution in [1.82, 2.24) is 0 Å². The number of amides is 1. The van der Waals surface area contributed by atoms with Gasteiger partial charge in [0.25, 0.3) is 5.91 Å². The largest absolute Gasteiger partial charge is 0.452 e. The lowest BCUT2D eigenvalue weighted by atomic mass is 10.1. The van der Waals surface area contributed by atoms with Crippen LogP contribution in [0.15, 0.2) is 48.5 Å². The normalized spacial score (nSPS) is 10.9. The van der Waals surface area contributed by atoms with Crippen LogP contribution in [0.4, 0.5) is 14.5 Å². The van der Waals surface area contributed by atoms with Gasteiger partial charge in [-0.1, -0.05) is 24.3 Å². The molecule has 5 nitrogen and oxygen atoms in total. The maximum atomic E-state index is 12.1. The Labute approximate surface area is 155 Å². The van der Waals surface area contributed by atoms with Crippen LogP contribution < -0.4 is 10.1 Å². The maximum Gasteiger partial charge on any atom is 0.387 e. The van der Waals surface area contributed by atoms with E-state index in [-0.39, 0.29) is 5.75 Å². The molecular formula is C20H19F2NO4. The third-order valence-electron chi connectivity index (χ3n) is 3.74. The summed E-state index contributed by atoms with van der Waals surface area (Å²) < 4.78 is 33.3. The summed E-state index contributed by atoms with van der Waals surface area (Å²) in [5.74, 6) is -1.12. The van der Waals surface area contributed by atoms with Crippen LogP contribution in [-0.4, -0.2) is 25.1 Å². The molecule has 0 saturated carbocycles. The number of ether oxygens (including phenoxy) is 2. The van der Waals surface area contributed by atoms with Crippen LogP contribution in [0, 0.1) is 13.8 Å². The Kier molecular flexibility index (Phi) is 7.05. The molecule has 2 rings (SSSR count). The molecule has 0 fully saturated rings. The second-order valence-corrected chi connectivity index (χ2v) is 5.68. The van der Waals surface area contributed by atoms with E-state index in [2.05, 4.69) is 10.1 Å². The number of hydrogen-bond donors (Lipinski definition) is 1. The van der Waals surface area contributed by atoms with Crippen molar-refractivity contribution in [2.45, 2.75) is 20.5 Å². The van der Waals surface area contributed by atoms with Crippen molar-refractivity contribution < 1.29 is 27.8 Å². The highest BCUT2D eigenvalue weighted by molar-refractivity contribution is 5.95. The number of carbonyl (C=O) groups excluding carboxylic acids is 2. The van der Waals surface area contributed by atoms with Gasteiger partial charge in [0.2, 0.25) is 0 Å². The summed E-state index contributed by atoms with van der Waals surface area (Å²) in [6.07, 6.45) is 2.59. The number of alkyl halides is 2. The maximum absolute atomic E-state index is 12.1. The molecule has 0 radical (unpaired) electrons. The molecule has 0 saturated heterocycles. The molecule has 0 aromatic heterocycles. The Morgan fingerprint density at radius 2 is 1.81 bits per heavy atom. The van der Waals surface area contributed by atoms with Crippen molar-refractivity contribution in [3.8, 4) is 5.75 Å². The summed E-state index contributed by atoms with van der Waals surface area (Å²) in [4.78, 5) is 23.6. The second-order valence-electron chi connectivity index (χ2n) is 5.68. The molecule has 0 bridgehead atoms. The van der Waals surface area contributed by atoms with E-state index >= 15 is 0 Å². The van der Waals surface area contributed by atoms with Gasteiger partial charge in [0.05, 0.1) is 0 Å². The Morgan fingerprint density at radius 3 is 2.48 bits per heavy atom. The van der Waals surface area contributed by atoms with Gasteiger partial charge < -0.3 is 14.8 Å². The fourth-order valence-corrected chi connectivity index (χ4v) is 2.18.